The van der Waals surface area contributed by atoms with Crippen molar-refractivity contribution in [3.8, 4) is 0 Å². The first-order valence-electron chi connectivity index (χ1n) is 5.02. The molecule has 0 saturated carbocycles. The van der Waals surface area contributed by atoms with Crippen LogP contribution < -0.4 is 11.1 Å². The predicted octanol–water partition coefficient (Wildman–Crippen LogP) is 2.13. The summed E-state index contributed by atoms with van der Waals surface area (Å²) in [5.41, 5.74) is 5.59. The monoisotopic (exact) mass is 234 g/mol. The highest BCUT2D eigenvalue weighted by atomic mass is 19.1. The van der Waals surface area contributed by atoms with Crippen LogP contribution in [0.3, 0.4) is 0 Å². The van der Waals surface area contributed by atoms with Crippen molar-refractivity contribution in [2.45, 2.75) is 6.54 Å². The number of carbonyl (C=O) groups is 1. The summed E-state index contributed by atoms with van der Waals surface area (Å²) in [7, 11) is 0. The number of benzene rings is 1. The Kier molecular flexibility index (Phi) is 3.09. The summed E-state index contributed by atoms with van der Waals surface area (Å²) in [4.78, 5) is 11.0. The first-order valence-corrected chi connectivity index (χ1v) is 5.02. The van der Waals surface area contributed by atoms with E-state index in [1.807, 2.05) is 0 Å². The number of halogens is 1. The largest absolute Gasteiger partial charge is 0.467 e. The number of nitrogens with one attached hydrogen (secondary N) is 1. The van der Waals surface area contributed by atoms with E-state index in [2.05, 4.69) is 5.32 Å². The molecule has 88 valence electrons. The van der Waals surface area contributed by atoms with Crippen molar-refractivity contribution in [1.82, 2.24) is 0 Å². The molecule has 0 aliphatic rings. The second kappa shape index (κ2) is 4.69. The van der Waals surface area contributed by atoms with E-state index in [-0.39, 0.29) is 11.3 Å². The molecule has 4 nitrogen and oxygen atoms in total. The van der Waals surface area contributed by atoms with Crippen LogP contribution in [0.2, 0.25) is 0 Å². The van der Waals surface area contributed by atoms with Gasteiger partial charge in [0, 0.05) is 5.56 Å². The lowest BCUT2D eigenvalue weighted by molar-refractivity contribution is 0.100. The van der Waals surface area contributed by atoms with Crippen LogP contribution in [0.4, 0.5) is 10.1 Å². The normalized spacial score (nSPS) is 10.2. The first kappa shape index (κ1) is 11.2. The molecular formula is C12H11FN2O2. The summed E-state index contributed by atoms with van der Waals surface area (Å²) >= 11 is 0. The Balaban J connectivity index is 2.14. The van der Waals surface area contributed by atoms with Gasteiger partial charge in [-0.15, -0.1) is 0 Å². The molecule has 1 heterocycles. The van der Waals surface area contributed by atoms with Crippen molar-refractivity contribution in [2.24, 2.45) is 5.73 Å². The molecule has 0 fully saturated rings. The van der Waals surface area contributed by atoms with Gasteiger partial charge in [0.15, 0.2) is 0 Å². The van der Waals surface area contributed by atoms with E-state index in [1.54, 1.807) is 12.1 Å². The van der Waals surface area contributed by atoms with Gasteiger partial charge in [0.25, 0.3) is 0 Å². The number of primary amides is 1. The van der Waals surface area contributed by atoms with Gasteiger partial charge in [-0.25, -0.2) is 4.39 Å². The van der Waals surface area contributed by atoms with Crippen LogP contribution in [-0.4, -0.2) is 5.91 Å². The smallest absolute Gasteiger partial charge is 0.248 e. The minimum atomic E-state index is -0.592. The lowest BCUT2D eigenvalue weighted by Crippen LogP contribution is -2.12. The van der Waals surface area contributed by atoms with Gasteiger partial charge in [0.05, 0.1) is 18.5 Å². The zero-order valence-corrected chi connectivity index (χ0v) is 8.94. The summed E-state index contributed by atoms with van der Waals surface area (Å²) in [5, 5.41) is 2.83. The van der Waals surface area contributed by atoms with Gasteiger partial charge in [0.2, 0.25) is 5.91 Å². The zero-order valence-electron chi connectivity index (χ0n) is 8.94. The zero-order chi connectivity index (χ0) is 12.3. The number of anilines is 1. The van der Waals surface area contributed by atoms with E-state index in [9.17, 15) is 9.18 Å². The molecule has 0 atom stereocenters. The molecule has 2 rings (SSSR count). The summed E-state index contributed by atoms with van der Waals surface area (Å²) < 4.78 is 18.5. The molecule has 1 aromatic heterocycles. The quantitative estimate of drug-likeness (QED) is 0.851. The van der Waals surface area contributed by atoms with Crippen molar-refractivity contribution >= 4 is 11.6 Å². The average Bonchev–Trinajstić information content (AvgIpc) is 2.80. The molecular weight excluding hydrogens is 223 g/mol. The molecule has 0 radical (unpaired) electrons. The molecule has 17 heavy (non-hydrogen) atoms. The molecule has 0 saturated heterocycles. The number of hydrogen-bond donors (Lipinski definition) is 2. The standard InChI is InChI=1S/C12H11FN2O2/c13-10-4-3-8(12(14)16)6-11(10)15-7-9-2-1-5-17-9/h1-6,15H,7H2,(H2,14,16). The van der Waals surface area contributed by atoms with Crippen molar-refractivity contribution in [1.29, 1.82) is 0 Å². The average molecular weight is 234 g/mol. The lowest BCUT2D eigenvalue weighted by Gasteiger charge is -2.07. The molecule has 0 unspecified atom stereocenters. The molecule has 2 aromatic rings. The second-order valence-corrected chi connectivity index (χ2v) is 3.49. The van der Waals surface area contributed by atoms with Crippen LogP contribution in [0, 0.1) is 5.82 Å². The molecule has 1 aromatic carbocycles. The molecule has 0 aliphatic carbocycles. The fourth-order valence-corrected chi connectivity index (χ4v) is 1.41. The Labute approximate surface area is 97.2 Å². The van der Waals surface area contributed by atoms with E-state index < -0.39 is 11.7 Å². The van der Waals surface area contributed by atoms with E-state index in [0.717, 1.165) is 0 Å². The van der Waals surface area contributed by atoms with Gasteiger partial charge < -0.3 is 15.5 Å². The van der Waals surface area contributed by atoms with Crippen LogP contribution in [0.25, 0.3) is 0 Å². The number of furan rings is 1. The maximum atomic E-state index is 13.4. The van der Waals surface area contributed by atoms with Crippen molar-refractivity contribution in [3.63, 3.8) is 0 Å². The van der Waals surface area contributed by atoms with Crippen molar-refractivity contribution < 1.29 is 13.6 Å². The van der Waals surface area contributed by atoms with Gasteiger partial charge >= 0.3 is 0 Å². The molecule has 0 aliphatic heterocycles. The minimum Gasteiger partial charge on any atom is -0.467 e. The molecule has 5 heteroatoms. The molecule has 3 N–H and O–H groups in total. The van der Waals surface area contributed by atoms with Gasteiger partial charge in [-0.05, 0) is 30.3 Å². The Morgan fingerprint density at radius 3 is 2.88 bits per heavy atom. The van der Waals surface area contributed by atoms with E-state index >= 15 is 0 Å². The maximum Gasteiger partial charge on any atom is 0.248 e. The number of carbonyl (C=O) groups excluding carboxylic acids is 1. The topological polar surface area (TPSA) is 68.3 Å². The van der Waals surface area contributed by atoms with Crippen LogP contribution in [0.5, 0.6) is 0 Å². The van der Waals surface area contributed by atoms with Crippen LogP contribution >= 0.6 is 0 Å². The van der Waals surface area contributed by atoms with Gasteiger partial charge in [0.1, 0.15) is 11.6 Å². The second-order valence-electron chi connectivity index (χ2n) is 3.49. The van der Waals surface area contributed by atoms with Crippen LogP contribution in [0.15, 0.2) is 41.0 Å². The Morgan fingerprint density at radius 1 is 1.41 bits per heavy atom. The van der Waals surface area contributed by atoms with E-state index in [0.29, 0.717) is 12.3 Å². The summed E-state index contributed by atoms with van der Waals surface area (Å²) in [6.07, 6.45) is 1.53. The predicted molar refractivity (Wildman–Crippen MR) is 61.0 cm³/mol. The highest BCUT2D eigenvalue weighted by Crippen LogP contribution is 2.17. The van der Waals surface area contributed by atoms with Gasteiger partial charge in [-0.3, -0.25) is 4.79 Å². The first-order chi connectivity index (χ1) is 8.16. The minimum absolute atomic E-state index is 0.220. The van der Waals surface area contributed by atoms with Crippen LogP contribution in [-0.2, 0) is 6.54 Å². The Hall–Kier alpha value is -2.30. The Morgan fingerprint density at radius 2 is 2.24 bits per heavy atom. The maximum absolute atomic E-state index is 13.4. The summed E-state index contributed by atoms with van der Waals surface area (Å²) in [6, 6.07) is 7.43. The fourth-order valence-electron chi connectivity index (χ4n) is 1.41. The highest BCUT2D eigenvalue weighted by molar-refractivity contribution is 5.93. The highest BCUT2D eigenvalue weighted by Gasteiger charge is 2.07. The summed E-state index contributed by atoms with van der Waals surface area (Å²) in [6.45, 7) is 0.339. The van der Waals surface area contributed by atoms with E-state index in [1.165, 1.54) is 24.5 Å². The van der Waals surface area contributed by atoms with Gasteiger partial charge in [-0.2, -0.15) is 0 Å². The van der Waals surface area contributed by atoms with Gasteiger partial charge in [-0.1, -0.05) is 0 Å². The lowest BCUT2D eigenvalue weighted by atomic mass is 10.2. The van der Waals surface area contributed by atoms with Crippen molar-refractivity contribution in [2.75, 3.05) is 5.32 Å². The number of hydrogen-bond acceptors (Lipinski definition) is 3. The van der Waals surface area contributed by atoms with E-state index in [4.69, 9.17) is 10.2 Å². The SMILES string of the molecule is NC(=O)c1ccc(F)c(NCc2ccco2)c1. The third kappa shape index (κ3) is 2.63. The molecule has 1 amide bonds. The third-order valence-electron chi connectivity index (χ3n) is 2.28. The van der Waals surface area contributed by atoms with Crippen LogP contribution in [0.1, 0.15) is 16.1 Å². The molecule has 0 spiro atoms. The van der Waals surface area contributed by atoms with Crippen molar-refractivity contribution in [3.05, 3.63) is 53.7 Å². The molecule has 0 bridgehead atoms. The number of nitrogens with two attached hydrogens (primary N) is 1. The summed E-state index contributed by atoms with van der Waals surface area (Å²) in [5.74, 6) is -0.360. The fraction of sp³-hybridized carbons (Fsp3) is 0.0833. The third-order valence-corrected chi connectivity index (χ3v) is 2.28. The number of amides is 1. The number of rotatable bonds is 4. The Bertz CT molecular complexity index is 523.